The molecule has 1 atom stereocenters. The van der Waals surface area contributed by atoms with Gasteiger partial charge in [0.1, 0.15) is 0 Å². The number of carbonyl (C=O) groups is 1. The standard InChI is InChI=1S/C14H21ClN2O/c1-9(2)10(3)14(18)17(4)8-11-7-12(16)5-6-13(11)15/h5-7,9-10H,8,16H2,1-4H3. The fourth-order valence-electron chi connectivity index (χ4n) is 1.68. The number of anilines is 1. The fourth-order valence-corrected chi connectivity index (χ4v) is 1.86. The predicted octanol–water partition coefficient (Wildman–Crippen LogP) is 3.17. The van der Waals surface area contributed by atoms with Gasteiger partial charge < -0.3 is 10.6 Å². The maximum absolute atomic E-state index is 12.1. The third kappa shape index (κ3) is 3.64. The van der Waals surface area contributed by atoms with Crippen molar-refractivity contribution in [3.05, 3.63) is 28.8 Å². The van der Waals surface area contributed by atoms with Crippen LogP contribution in [-0.2, 0) is 11.3 Å². The molecule has 0 fully saturated rings. The van der Waals surface area contributed by atoms with Gasteiger partial charge in [0.25, 0.3) is 0 Å². The molecule has 1 rings (SSSR count). The average Bonchev–Trinajstić information content (AvgIpc) is 2.31. The Bertz CT molecular complexity index is 432. The Labute approximate surface area is 114 Å². The molecule has 4 heteroatoms. The minimum absolute atomic E-state index is 0.00911. The van der Waals surface area contributed by atoms with Gasteiger partial charge in [-0.25, -0.2) is 0 Å². The SMILES string of the molecule is CC(C)C(C)C(=O)N(C)Cc1cc(N)ccc1Cl. The molecular weight excluding hydrogens is 248 g/mol. The summed E-state index contributed by atoms with van der Waals surface area (Å²) >= 11 is 6.09. The third-order valence-corrected chi connectivity index (χ3v) is 3.61. The number of nitrogen functional groups attached to an aromatic ring is 1. The monoisotopic (exact) mass is 268 g/mol. The van der Waals surface area contributed by atoms with Crippen molar-refractivity contribution in [2.75, 3.05) is 12.8 Å². The van der Waals surface area contributed by atoms with E-state index < -0.39 is 0 Å². The van der Waals surface area contributed by atoms with Crippen molar-refractivity contribution in [3.8, 4) is 0 Å². The van der Waals surface area contributed by atoms with E-state index in [1.54, 1.807) is 24.1 Å². The second-order valence-electron chi connectivity index (χ2n) is 5.08. The molecule has 0 bridgehead atoms. The summed E-state index contributed by atoms with van der Waals surface area (Å²) < 4.78 is 0. The molecule has 0 saturated heterocycles. The van der Waals surface area contributed by atoms with Crippen LogP contribution in [0.25, 0.3) is 0 Å². The highest BCUT2D eigenvalue weighted by Crippen LogP contribution is 2.21. The summed E-state index contributed by atoms with van der Waals surface area (Å²) in [5, 5.41) is 0.640. The minimum Gasteiger partial charge on any atom is -0.399 e. The van der Waals surface area contributed by atoms with Crippen molar-refractivity contribution >= 4 is 23.2 Å². The topological polar surface area (TPSA) is 46.3 Å². The maximum atomic E-state index is 12.1. The lowest BCUT2D eigenvalue weighted by molar-refractivity contribution is -0.135. The lowest BCUT2D eigenvalue weighted by Gasteiger charge is -2.24. The van der Waals surface area contributed by atoms with Crippen LogP contribution in [0.4, 0.5) is 5.69 Å². The van der Waals surface area contributed by atoms with Crippen LogP contribution >= 0.6 is 11.6 Å². The first kappa shape index (κ1) is 14.8. The summed E-state index contributed by atoms with van der Waals surface area (Å²) in [5.41, 5.74) is 7.26. The number of hydrogen-bond acceptors (Lipinski definition) is 2. The van der Waals surface area contributed by atoms with E-state index in [-0.39, 0.29) is 11.8 Å². The van der Waals surface area contributed by atoms with Gasteiger partial charge in [0.2, 0.25) is 5.91 Å². The van der Waals surface area contributed by atoms with Crippen molar-refractivity contribution in [3.63, 3.8) is 0 Å². The second-order valence-corrected chi connectivity index (χ2v) is 5.49. The first-order valence-corrected chi connectivity index (χ1v) is 6.49. The maximum Gasteiger partial charge on any atom is 0.225 e. The highest BCUT2D eigenvalue weighted by atomic mass is 35.5. The molecule has 0 heterocycles. The average molecular weight is 269 g/mol. The number of benzene rings is 1. The molecule has 1 aromatic carbocycles. The summed E-state index contributed by atoms with van der Waals surface area (Å²) in [6.45, 7) is 6.53. The van der Waals surface area contributed by atoms with Crippen LogP contribution in [0, 0.1) is 11.8 Å². The Morgan fingerprint density at radius 2 is 2.00 bits per heavy atom. The van der Waals surface area contributed by atoms with Crippen molar-refractivity contribution in [2.24, 2.45) is 11.8 Å². The summed E-state index contributed by atoms with van der Waals surface area (Å²) in [7, 11) is 1.79. The van der Waals surface area contributed by atoms with Gasteiger partial charge in [0.05, 0.1) is 0 Å². The zero-order valence-corrected chi connectivity index (χ0v) is 12.2. The van der Waals surface area contributed by atoms with Crippen molar-refractivity contribution in [1.82, 2.24) is 4.90 Å². The molecule has 1 unspecified atom stereocenters. The molecule has 0 radical (unpaired) electrons. The molecular formula is C14H21ClN2O. The second kappa shape index (κ2) is 6.10. The van der Waals surface area contributed by atoms with Gasteiger partial charge in [-0.3, -0.25) is 4.79 Å². The molecule has 1 aromatic rings. The smallest absolute Gasteiger partial charge is 0.225 e. The predicted molar refractivity (Wildman–Crippen MR) is 76.3 cm³/mol. The fraction of sp³-hybridized carbons (Fsp3) is 0.500. The number of halogens is 1. The Morgan fingerprint density at radius 1 is 1.39 bits per heavy atom. The quantitative estimate of drug-likeness (QED) is 0.853. The van der Waals surface area contributed by atoms with Crippen LogP contribution in [0.5, 0.6) is 0 Å². The molecule has 0 aliphatic heterocycles. The molecule has 100 valence electrons. The van der Waals surface area contributed by atoms with Gasteiger partial charge in [-0.1, -0.05) is 32.4 Å². The minimum atomic E-state index is 0.00911. The number of carbonyl (C=O) groups excluding carboxylic acids is 1. The van der Waals surface area contributed by atoms with Crippen LogP contribution in [-0.4, -0.2) is 17.9 Å². The number of hydrogen-bond donors (Lipinski definition) is 1. The number of rotatable bonds is 4. The van der Waals surface area contributed by atoms with Gasteiger partial charge in [-0.2, -0.15) is 0 Å². The molecule has 3 nitrogen and oxygen atoms in total. The Kier molecular flexibility index (Phi) is 5.03. The lowest BCUT2D eigenvalue weighted by Crippen LogP contribution is -2.33. The van der Waals surface area contributed by atoms with E-state index in [0.29, 0.717) is 23.2 Å². The Morgan fingerprint density at radius 3 is 2.56 bits per heavy atom. The number of amides is 1. The normalized spacial score (nSPS) is 12.6. The first-order chi connectivity index (χ1) is 8.32. The first-order valence-electron chi connectivity index (χ1n) is 6.11. The summed E-state index contributed by atoms with van der Waals surface area (Å²) in [5.74, 6) is 0.467. The molecule has 0 saturated carbocycles. The molecule has 2 N–H and O–H groups in total. The van der Waals surface area contributed by atoms with Gasteiger partial charge >= 0.3 is 0 Å². The number of nitrogens with two attached hydrogens (primary N) is 1. The summed E-state index contributed by atoms with van der Waals surface area (Å²) in [4.78, 5) is 13.8. The van der Waals surface area contributed by atoms with Crippen molar-refractivity contribution in [1.29, 1.82) is 0 Å². The zero-order valence-electron chi connectivity index (χ0n) is 11.4. The van der Waals surface area contributed by atoms with Crippen LogP contribution in [0.15, 0.2) is 18.2 Å². The largest absolute Gasteiger partial charge is 0.399 e. The van der Waals surface area contributed by atoms with Crippen LogP contribution in [0.2, 0.25) is 5.02 Å². The van der Waals surface area contributed by atoms with E-state index in [0.717, 1.165) is 5.56 Å². The van der Waals surface area contributed by atoms with Gasteiger partial charge in [-0.15, -0.1) is 0 Å². The Hall–Kier alpha value is -1.22. The lowest BCUT2D eigenvalue weighted by atomic mass is 9.96. The van der Waals surface area contributed by atoms with Crippen molar-refractivity contribution in [2.45, 2.75) is 27.3 Å². The number of nitrogens with zero attached hydrogens (tertiary/aromatic N) is 1. The summed E-state index contributed by atoms with van der Waals surface area (Å²) in [6, 6.07) is 5.33. The van der Waals surface area contributed by atoms with E-state index in [2.05, 4.69) is 0 Å². The van der Waals surface area contributed by atoms with E-state index >= 15 is 0 Å². The van der Waals surface area contributed by atoms with Gasteiger partial charge in [-0.05, 0) is 29.7 Å². The van der Waals surface area contributed by atoms with Crippen LogP contribution < -0.4 is 5.73 Å². The van der Waals surface area contributed by atoms with Crippen LogP contribution in [0.3, 0.4) is 0 Å². The van der Waals surface area contributed by atoms with E-state index in [4.69, 9.17) is 17.3 Å². The third-order valence-electron chi connectivity index (χ3n) is 3.24. The van der Waals surface area contributed by atoms with E-state index in [1.165, 1.54) is 0 Å². The van der Waals surface area contributed by atoms with Gasteiger partial charge in [0.15, 0.2) is 0 Å². The zero-order chi connectivity index (χ0) is 13.9. The molecule has 0 aliphatic carbocycles. The molecule has 0 aliphatic rings. The molecule has 0 aromatic heterocycles. The summed E-state index contributed by atoms with van der Waals surface area (Å²) in [6.07, 6.45) is 0. The molecule has 1 amide bonds. The molecule has 18 heavy (non-hydrogen) atoms. The highest BCUT2D eigenvalue weighted by Gasteiger charge is 2.20. The van der Waals surface area contributed by atoms with E-state index in [1.807, 2.05) is 26.8 Å². The van der Waals surface area contributed by atoms with E-state index in [9.17, 15) is 4.79 Å². The van der Waals surface area contributed by atoms with Crippen LogP contribution in [0.1, 0.15) is 26.3 Å². The molecule has 0 spiro atoms. The van der Waals surface area contributed by atoms with Gasteiger partial charge in [0, 0.05) is 30.2 Å². The highest BCUT2D eigenvalue weighted by molar-refractivity contribution is 6.31. The Balaban J connectivity index is 2.78. The van der Waals surface area contributed by atoms with Crippen molar-refractivity contribution < 1.29 is 4.79 Å².